The molecule has 20 heavy (non-hydrogen) atoms. The summed E-state index contributed by atoms with van der Waals surface area (Å²) in [5, 5.41) is 4.07. The van der Waals surface area contributed by atoms with Crippen LogP contribution in [0.15, 0.2) is 35.7 Å². The summed E-state index contributed by atoms with van der Waals surface area (Å²) in [6.07, 6.45) is 5.74. The van der Waals surface area contributed by atoms with E-state index in [2.05, 4.69) is 20.2 Å². The normalized spacial score (nSPS) is 11.6. The largest absolute Gasteiger partial charge is 0.323 e. The molecule has 8 nitrogen and oxygen atoms in total. The smallest absolute Gasteiger partial charge is 0.265 e. The van der Waals surface area contributed by atoms with Crippen molar-refractivity contribution in [2.45, 2.75) is 24.8 Å². The number of nitrogens with one attached hydrogen (secondary N) is 2. The van der Waals surface area contributed by atoms with Crippen molar-refractivity contribution in [3.63, 3.8) is 0 Å². The topological polar surface area (TPSA) is 115 Å². The highest BCUT2D eigenvalue weighted by atomic mass is 32.2. The summed E-state index contributed by atoms with van der Waals surface area (Å²) in [4.78, 5) is 3.77. The lowest BCUT2D eigenvalue weighted by molar-refractivity contribution is 0.532. The Hall–Kier alpha value is -2.13. The Labute approximate surface area is 117 Å². The monoisotopic (exact) mass is 296 g/mol. The van der Waals surface area contributed by atoms with Crippen LogP contribution in [0.4, 0.5) is 11.4 Å². The number of hydrazine groups is 1. The summed E-state index contributed by atoms with van der Waals surface area (Å²) >= 11 is 0. The quantitative estimate of drug-likeness (QED) is 0.559. The highest BCUT2D eigenvalue weighted by molar-refractivity contribution is 7.92. The van der Waals surface area contributed by atoms with Crippen LogP contribution in [0.3, 0.4) is 0 Å². The number of nitrogens with zero attached hydrogens (tertiary/aromatic N) is 3. The molecule has 0 aliphatic rings. The van der Waals surface area contributed by atoms with E-state index in [0.29, 0.717) is 5.69 Å². The van der Waals surface area contributed by atoms with E-state index in [-0.39, 0.29) is 16.6 Å². The van der Waals surface area contributed by atoms with Crippen LogP contribution in [0.1, 0.15) is 19.9 Å². The van der Waals surface area contributed by atoms with E-state index in [4.69, 9.17) is 5.84 Å². The molecule has 2 aromatic heterocycles. The fraction of sp³-hybridized carbons (Fsp3) is 0.273. The zero-order valence-corrected chi connectivity index (χ0v) is 11.9. The Morgan fingerprint density at radius 2 is 2.10 bits per heavy atom. The molecule has 4 N–H and O–H groups in total. The maximum absolute atomic E-state index is 12.3. The summed E-state index contributed by atoms with van der Waals surface area (Å²) in [5.41, 5.74) is 2.98. The number of hydrogen-bond donors (Lipinski definition) is 3. The molecule has 0 bridgehead atoms. The van der Waals surface area contributed by atoms with Gasteiger partial charge in [-0.15, -0.1) is 0 Å². The van der Waals surface area contributed by atoms with Gasteiger partial charge in [-0.25, -0.2) is 8.42 Å². The lowest BCUT2D eigenvalue weighted by Crippen LogP contribution is -2.17. The SMILES string of the molecule is CC(C)n1cc(NS(=O)(=O)c2cnccc2NN)cn1. The molecule has 0 aliphatic heterocycles. The van der Waals surface area contributed by atoms with Gasteiger partial charge in [0.2, 0.25) is 0 Å². The third-order valence-corrected chi connectivity index (χ3v) is 4.02. The minimum absolute atomic E-state index is 0.0280. The Morgan fingerprint density at radius 1 is 1.35 bits per heavy atom. The first-order valence-electron chi connectivity index (χ1n) is 5.91. The molecule has 0 saturated heterocycles. The zero-order valence-electron chi connectivity index (χ0n) is 11.1. The molecule has 0 aliphatic carbocycles. The molecule has 2 heterocycles. The van der Waals surface area contributed by atoms with Crippen LogP contribution in [-0.4, -0.2) is 23.2 Å². The van der Waals surface area contributed by atoms with E-state index >= 15 is 0 Å². The molecule has 0 aromatic carbocycles. The molecule has 0 atom stereocenters. The van der Waals surface area contributed by atoms with Crippen molar-refractivity contribution in [2.75, 3.05) is 10.1 Å². The van der Waals surface area contributed by atoms with Gasteiger partial charge in [-0.3, -0.25) is 20.2 Å². The molecule has 0 unspecified atom stereocenters. The Morgan fingerprint density at radius 3 is 2.70 bits per heavy atom. The van der Waals surface area contributed by atoms with Gasteiger partial charge >= 0.3 is 0 Å². The Balaban J connectivity index is 2.31. The summed E-state index contributed by atoms with van der Waals surface area (Å²) in [5.74, 6) is 5.30. The second-order valence-electron chi connectivity index (χ2n) is 4.42. The van der Waals surface area contributed by atoms with Gasteiger partial charge in [-0.05, 0) is 19.9 Å². The maximum atomic E-state index is 12.3. The predicted molar refractivity (Wildman–Crippen MR) is 75.5 cm³/mol. The van der Waals surface area contributed by atoms with E-state index in [0.717, 1.165) is 0 Å². The second kappa shape index (κ2) is 5.47. The highest BCUT2D eigenvalue weighted by Gasteiger charge is 2.19. The van der Waals surface area contributed by atoms with E-state index in [1.54, 1.807) is 10.9 Å². The fourth-order valence-electron chi connectivity index (χ4n) is 1.60. The van der Waals surface area contributed by atoms with Crippen molar-refractivity contribution in [2.24, 2.45) is 5.84 Å². The van der Waals surface area contributed by atoms with Gasteiger partial charge in [-0.2, -0.15) is 5.10 Å². The van der Waals surface area contributed by atoms with Gasteiger partial charge in [0.15, 0.2) is 0 Å². The predicted octanol–water partition coefficient (Wildman–Crippen LogP) is 0.945. The van der Waals surface area contributed by atoms with Crippen molar-refractivity contribution in [3.8, 4) is 0 Å². The van der Waals surface area contributed by atoms with Crippen LogP contribution < -0.4 is 16.0 Å². The van der Waals surface area contributed by atoms with Gasteiger partial charge in [0.05, 0.1) is 17.6 Å². The van der Waals surface area contributed by atoms with Gasteiger partial charge < -0.3 is 5.43 Å². The Kier molecular flexibility index (Phi) is 3.91. The molecular weight excluding hydrogens is 280 g/mol. The van der Waals surface area contributed by atoms with Crippen LogP contribution in [0.2, 0.25) is 0 Å². The van der Waals surface area contributed by atoms with Crippen molar-refractivity contribution in [3.05, 3.63) is 30.9 Å². The molecule has 9 heteroatoms. The van der Waals surface area contributed by atoms with Crippen LogP contribution >= 0.6 is 0 Å². The van der Waals surface area contributed by atoms with Crippen molar-refractivity contribution < 1.29 is 8.42 Å². The fourth-order valence-corrected chi connectivity index (χ4v) is 2.74. The van der Waals surface area contributed by atoms with Crippen LogP contribution in [0.5, 0.6) is 0 Å². The Bertz CT molecular complexity index is 694. The van der Waals surface area contributed by atoms with Crippen LogP contribution in [0.25, 0.3) is 0 Å². The maximum Gasteiger partial charge on any atom is 0.265 e. The number of sulfonamides is 1. The van der Waals surface area contributed by atoms with Crippen LogP contribution in [0, 0.1) is 0 Å². The number of aromatic nitrogens is 3. The van der Waals surface area contributed by atoms with Gasteiger partial charge in [-0.1, -0.05) is 0 Å². The third kappa shape index (κ3) is 2.89. The third-order valence-electron chi connectivity index (χ3n) is 2.61. The second-order valence-corrected chi connectivity index (χ2v) is 6.08. The number of nitrogens with two attached hydrogens (primary N) is 1. The molecule has 0 amide bonds. The summed E-state index contributed by atoms with van der Waals surface area (Å²) < 4.78 is 28.6. The minimum atomic E-state index is -3.78. The molecule has 2 rings (SSSR count). The molecule has 0 radical (unpaired) electrons. The molecule has 0 saturated carbocycles. The lowest BCUT2D eigenvalue weighted by Gasteiger charge is -2.10. The zero-order chi connectivity index (χ0) is 14.8. The first-order valence-corrected chi connectivity index (χ1v) is 7.40. The average molecular weight is 296 g/mol. The summed E-state index contributed by atoms with van der Waals surface area (Å²) in [6, 6.07) is 1.62. The lowest BCUT2D eigenvalue weighted by atomic mass is 10.4. The first-order chi connectivity index (χ1) is 9.44. The van der Waals surface area contributed by atoms with Crippen molar-refractivity contribution >= 4 is 21.4 Å². The van der Waals surface area contributed by atoms with Crippen LogP contribution in [-0.2, 0) is 10.0 Å². The van der Waals surface area contributed by atoms with E-state index in [9.17, 15) is 8.42 Å². The highest BCUT2D eigenvalue weighted by Crippen LogP contribution is 2.22. The molecule has 2 aromatic rings. The van der Waals surface area contributed by atoms with E-state index < -0.39 is 10.0 Å². The number of pyridine rings is 1. The number of hydrogen-bond acceptors (Lipinski definition) is 6. The number of nitrogen functional groups attached to an aromatic ring is 1. The summed E-state index contributed by atoms with van der Waals surface area (Å²) in [7, 11) is -3.78. The number of anilines is 2. The first kappa shape index (κ1) is 14.3. The van der Waals surface area contributed by atoms with Gasteiger partial charge in [0.25, 0.3) is 10.0 Å². The van der Waals surface area contributed by atoms with Gasteiger partial charge in [0, 0.05) is 24.6 Å². The summed E-state index contributed by atoms with van der Waals surface area (Å²) in [6.45, 7) is 3.89. The molecular formula is C11H16N6O2S. The van der Waals surface area contributed by atoms with Crippen molar-refractivity contribution in [1.29, 1.82) is 0 Å². The van der Waals surface area contributed by atoms with Gasteiger partial charge in [0.1, 0.15) is 4.90 Å². The average Bonchev–Trinajstić information content (AvgIpc) is 2.86. The molecule has 0 spiro atoms. The standard InChI is InChI=1S/C11H16N6O2S/c1-8(2)17-7-9(5-14-17)16-20(18,19)11-6-13-4-3-10(11)15-12/h3-8,16H,12H2,1-2H3,(H,13,15). The van der Waals surface area contributed by atoms with E-state index in [1.807, 2.05) is 13.8 Å². The minimum Gasteiger partial charge on any atom is -0.323 e. The molecule has 0 fully saturated rings. The van der Waals surface area contributed by atoms with E-state index in [1.165, 1.54) is 24.7 Å². The number of rotatable bonds is 5. The van der Waals surface area contributed by atoms with Crippen molar-refractivity contribution in [1.82, 2.24) is 14.8 Å². The molecule has 108 valence electrons.